The van der Waals surface area contributed by atoms with Crippen molar-refractivity contribution in [3.8, 4) is 16.3 Å². The van der Waals surface area contributed by atoms with Gasteiger partial charge < -0.3 is 10.5 Å². The van der Waals surface area contributed by atoms with Gasteiger partial charge in [0.05, 0.1) is 18.4 Å². The number of thiazole rings is 1. The smallest absolute Gasteiger partial charge is 0.220 e. The number of hydrogen-bond acceptors (Lipinski definition) is 7. The standard InChI is InChI=1S/C18H19N5OS/c1-24-16-5-3-2-4-14(16)17-20-9-13(25-17)11-23-7-6-15-12(10-23)8-21-18(19)22-15/h2-5,8-9H,6-7,10-11H2,1H3,(H2,19,21,22). The van der Waals surface area contributed by atoms with Gasteiger partial charge in [-0.15, -0.1) is 11.3 Å². The highest BCUT2D eigenvalue weighted by Gasteiger charge is 2.19. The maximum absolute atomic E-state index is 5.67. The van der Waals surface area contributed by atoms with Crippen molar-refractivity contribution in [3.63, 3.8) is 0 Å². The van der Waals surface area contributed by atoms with Gasteiger partial charge >= 0.3 is 0 Å². The topological polar surface area (TPSA) is 77.2 Å². The molecule has 2 N–H and O–H groups in total. The van der Waals surface area contributed by atoms with Gasteiger partial charge in [-0.3, -0.25) is 4.90 Å². The summed E-state index contributed by atoms with van der Waals surface area (Å²) in [4.78, 5) is 16.7. The van der Waals surface area contributed by atoms with Gasteiger partial charge in [0.15, 0.2) is 0 Å². The number of aromatic nitrogens is 3. The van der Waals surface area contributed by atoms with Gasteiger partial charge in [-0.05, 0) is 12.1 Å². The molecule has 1 aliphatic heterocycles. The van der Waals surface area contributed by atoms with Crippen molar-refractivity contribution in [1.82, 2.24) is 19.9 Å². The number of anilines is 1. The summed E-state index contributed by atoms with van der Waals surface area (Å²) >= 11 is 1.71. The van der Waals surface area contributed by atoms with Crippen molar-refractivity contribution in [3.05, 3.63) is 52.8 Å². The minimum atomic E-state index is 0.358. The lowest BCUT2D eigenvalue weighted by atomic mass is 10.1. The molecule has 0 amide bonds. The highest BCUT2D eigenvalue weighted by atomic mass is 32.1. The Morgan fingerprint density at radius 1 is 1.24 bits per heavy atom. The third-order valence-electron chi connectivity index (χ3n) is 4.30. The van der Waals surface area contributed by atoms with Crippen LogP contribution in [0, 0.1) is 0 Å². The fourth-order valence-electron chi connectivity index (χ4n) is 3.07. The van der Waals surface area contributed by atoms with E-state index in [9.17, 15) is 0 Å². The Morgan fingerprint density at radius 3 is 3.00 bits per heavy atom. The molecule has 3 heterocycles. The third kappa shape index (κ3) is 3.33. The zero-order valence-electron chi connectivity index (χ0n) is 14.0. The molecule has 3 aromatic rings. The number of nitrogen functional groups attached to an aromatic ring is 1. The molecule has 0 fully saturated rings. The molecule has 0 atom stereocenters. The molecule has 0 radical (unpaired) electrons. The SMILES string of the molecule is COc1ccccc1-c1ncc(CN2CCc3nc(N)ncc3C2)s1. The largest absolute Gasteiger partial charge is 0.496 e. The van der Waals surface area contributed by atoms with E-state index in [1.54, 1.807) is 18.4 Å². The van der Waals surface area contributed by atoms with E-state index in [-0.39, 0.29) is 0 Å². The lowest BCUT2D eigenvalue weighted by Gasteiger charge is -2.27. The normalized spacial score (nSPS) is 14.3. The molecular weight excluding hydrogens is 334 g/mol. The Bertz CT molecular complexity index is 895. The van der Waals surface area contributed by atoms with Gasteiger partial charge in [0.2, 0.25) is 5.95 Å². The van der Waals surface area contributed by atoms with Crippen LogP contribution in [-0.2, 0) is 19.5 Å². The monoisotopic (exact) mass is 353 g/mol. The number of ether oxygens (including phenoxy) is 1. The van der Waals surface area contributed by atoms with Gasteiger partial charge in [0, 0.05) is 48.9 Å². The van der Waals surface area contributed by atoms with Gasteiger partial charge in [0.1, 0.15) is 10.8 Å². The maximum atomic E-state index is 5.67. The highest BCUT2D eigenvalue weighted by molar-refractivity contribution is 7.15. The summed E-state index contributed by atoms with van der Waals surface area (Å²) in [7, 11) is 1.69. The molecule has 1 aromatic carbocycles. The Labute approximate surface area is 150 Å². The summed E-state index contributed by atoms with van der Waals surface area (Å²) < 4.78 is 5.44. The van der Waals surface area contributed by atoms with Crippen molar-refractivity contribution in [1.29, 1.82) is 0 Å². The molecule has 2 aromatic heterocycles. The summed E-state index contributed by atoms with van der Waals surface area (Å²) in [5.41, 5.74) is 8.94. The van der Waals surface area contributed by atoms with E-state index in [2.05, 4.69) is 19.9 Å². The maximum Gasteiger partial charge on any atom is 0.220 e. The fraction of sp³-hybridized carbons (Fsp3) is 0.278. The molecule has 0 bridgehead atoms. The van der Waals surface area contributed by atoms with Crippen LogP contribution in [0.4, 0.5) is 5.95 Å². The van der Waals surface area contributed by atoms with E-state index in [0.717, 1.165) is 53.6 Å². The first-order chi connectivity index (χ1) is 12.2. The number of methoxy groups -OCH3 is 1. The van der Waals surface area contributed by atoms with E-state index < -0.39 is 0 Å². The molecule has 25 heavy (non-hydrogen) atoms. The quantitative estimate of drug-likeness (QED) is 0.777. The van der Waals surface area contributed by atoms with E-state index >= 15 is 0 Å². The van der Waals surface area contributed by atoms with Crippen LogP contribution < -0.4 is 10.5 Å². The second kappa shape index (κ2) is 6.78. The Morgan fingerprint density at radius 2 is 2.12 bits per heavy atom. The number of benzene rings is 1. The summed E-state index contributed by atoms with van der Waals surface area (Å²) in [6, 6.07) is 7.98. The van der Waals surface area contributed by atoms with E-state index in [1.165, 1.54) is 4.88 Å². The third-order valence-corrected chi connectivity index (χ3v) is 5.32. The first-order valence-corrected chi connectivity index (χ1v) is 8.95. The zero-order chi connectivity index (χ0) is 17.2. The molecule has 1 aliphatic rings. The number of para-hydroxylation sites is 1. The zero-order valence-corrected chi connectivity index (χ0v) is 14.8. The average molecular weight is 353 g/mol. The Balaban J connectivity index is 1.49. The number of nitrogens with zero attached hydrogens (tertiary/aromatic N) is 4. The Kier molecular flexibility index (Phi) is 4.33. The molecule has 0 saturated heterocycles. The first kappa shape index (κ1) is 16.0. The molecule has 0 spiro atoms. The molecule has 6 nitrogen and oxygen atoms in total. The lowest BCUT2D eigenvalue weighted by molar-refractivity contribution is 0.245. The van der Waals surface area contributed by atoms with Crippen LogP contribution in [0.1, 0.15) is 16.1 Å². The highest BCUT2D eigenvalue weighted by Crippen LogP contribution is 2.33. The van der Waals surface area contributed by atoms with Crippen molar-refractivity contribution >= 4 is 17.3 Å². The second-order valence-corrected chi connectivity index (χ2v) is 7.11. The van der Waals surface area contributed by atoms with Crippen LogP contribution in [0.5, 0.6) is 5.75 Å². The molecule has 128 valence electrons. The fourth-order valence-corrected chi connectivity index (χ4v) is 4.06. The van der Waals surface area contributed by atoms with E-state index in [4.69, 9.17) is 10.5 Å². The van der Waals surface area contributed by atoms with Crippen molar-refractivity contribution in [2.24, 2.45) is 0 Å². The van der Waals surface area contributed by atoms with Gasteiger partial charge in [-0.2, -0.15) is 0 Å². The molecule has 4 rings (SSSR count). The number of hydrogen-bond donors (Lipinski definition) is 1. The van der Waals surface area contributed by atoms with Gasteiger partial charge in [-0.25, -0.2) is 15.0 Å². The summed E-state index contributed by atoms with van der Waals surface area (Å²) in [6.45, 7) is 2.68. The molecular formula is C18H19N5OS. The van der Waals surface area contributed by atoms with Crippen LogP contribution in [0.2, 0.25) is 0 Å². The Hall–Kier alpha value is -2.51. The molecule has 0 aliphatic carbocycles. The van der Waals surface area contributed by atoms with E-state index in [1.807, 2.05) is 36.7 Å². The molecule has 7 heteroatoms. The minimum Gasteiger partial charge on any atom is -0.496 e. The number of nitrogens with two attached hydrogens (primary N) is 1. The molecule has 0 unspecified atom stereocenters. The van der Waals surface area contributed by atoms with E-state index in [0.29, 0.717) is 5.95 Å². The van der Waals surface area contributed by atoms with Crippen molar-refractivity contribution in [2.45, 2.75) is 19.5 Å². The predicted octanol–water partition coefficient (Wildman–Crippen LogP) is 2.75. The summed E-state index contributed by atoms with van der Waals surface area (Å²) in [5.74, 6) is 1.21. The van der Waals surface area contributed by atoms with Crippen LogP contribution in [0.3, 0.4) is 0 Å². The van der Waals surface area contributed by atoms with Crippen molar-refractivity contribution < 1.29 is 4.74 Å². The summed E-state index contributed by atoms with van der Waals surface area (Å²) in [6.07, 6.45) is 4.71. The average Bonchev–Trinajstić information content (AvgIpc) is 3.10. The minimum absolute atomic E-state index is 0.358. The van der Waals surface area contributed by atoms with Crippen LogP contribution >= 0.6 is 11.3 Å². The van der Waals surface area contributed by atoms with Crippen molar-refractivity contribution in [2.75, 3.05) is 19.4 Å². The van der Waals surface area contributed by atoms with Gasteiger partial charge in [-0.1, -0.05) is 12.1 Å². The first-order valence-electron chi connectivity index (χ1n) is 8.13. The van der Waals surface area contributed by atoms with Gasteiger partial charge in [0.25, 0.3) is 0 Å². The summed E-state index contributed by atoms with van der Waals surface area (Å²) in [5, 5.41) is 0.987. The predicted molar refractivity (Wildman–Crippen MR) is 98.4 cm³/mol. The second-order valence-electron chi connectivity index (χ2n) is 5.99. The van der Waals surface area contributed by atoms with Crippen LogP contribution in [0.25, 0.3) is 10.6 Å². The number of fused-ring (bicyclic) bond motifs is 1. The lowest BCUT2D eigenvalue weighted by Crippen LogP contribution is -2.30. The van der Waals surface area contributed by atoms with Crippen LogP contribution in [-0.4, -0.2) is 33.5 Å². The number of rotatable bonds is 4. The molecule has 0 saturated carbocycles. The van der Waals surface area contributed by atoms with Crippen LogP contribution in [0.15, 0.2) is 36.7 Å².